The number of aliphatic carboxylic acids is 1. The summed E-state index contributed by atoms with van der Waals surface area (Å²) in [7, 11) is 0. The molecule has 1 aromatic rings. The lowest BCUT2D eigenvalue weighted by Gasteiger charge is -2.31. The average Bonchev–Trinajstić information content (AvgIpc) is 2.52. The molecule has 2 atom stereocenters. The molecule has 0 spiro atoms. The second-order valence-corrected chi connectivity index (χ2v) is 5.37. The smallest absolute Gasteiger partial charge is 0.304 e. The minimum atomic E-state index is -0.740. The highest BCUT2D eigenvalue weighted by molar-refractivity contribution is 5.67. The Morgan fingerprint density at radius 1 is 1.42 bits per heavy atom. The number of rotatable bonds is 3. The number of carbonyl (C=O) groups is 1. The molecule has 0 bridgehead atoms. The Balaban J connectivity index is 2.15. The zero-order valence-corrected chi connectivity index (χ0v) is 11.6. The quantitative estimate of drug-likeness (QED) is 0.875. The molecule has 2 unspecified atom stereocenters. The molecule has 1 aliphatic rings. The molecule has 104 valence electrons. The van der Waals surface area contributed by atoms with Crippen molar-refractivity contribution in [3.8, 4) is 0 Å². The first kappa shape index (κ1) is 13.9. The lowest BCUT2D eigenvalue weighted by molar-refractivity contribution is -0.137. The fourth-order valence-corrected chi connectivity index (χ4v) is 2.58. The van der Waals surface area contributed by atoms with Gasteiger partial charge in [-0.05, 0) is 38.9 Å². The third-order valence-electron chi connectivity index (χ3n) is 3.73. The lowest BCUT2D eigenvalue weighted by Crippen LogP contribution is -2.41. The molecule has 1 fully saturated rings. The summed E-state index contributed by atoms with van der Waals surface area (Å²) in [5.74, 6) is -0.740. The normalized spacial score (nSPS) is 24.0. The summed E-state index contributed by atoms with van der Waals surface area (Å²) in [5.41, 5.74) is 2.42. The van der Waals surface area contributed by atoms with Gasteiger partial charge in [0.05, 0.1) is 6.42 Å². The van der Waals surface area contributed by atoms with Crippen molar-refractivity contribution >= 4 is 11.7 Å². The summed E-state index contributed by atoms with van der Waals surface area (Å²) >= 11 is 0. The van der Waals surface area contributed by atoms with Crippen molar-refractivity contribution in [2.24, 2.45) is 0 Å². The Morgan fingerprint density at radius 3 is 2.74 bits per heavy atom. The monoisotopic (exact) mass is 262 g/mol. The first-order valence-electron chi connectivity index (χ1n) is 6.85. The van der Waals surface area contributed by atoms with Gasteiger partial charge in [-0.15, -0.1) is 0 Å². The van der Waals surface area contributed by atoms with Crippen LogP contribution in [0.4, 0.5) is 5.69 Å². The largest absolute Gasteiger partial charge is 0.481 e. The van der Waals surface area contributed by atoms with Gasteiger partial charge in [0.25, 0.3) is 0 Å². The maximum absolute atomic E-state index is 10.9. The predicted molar refractivity (Wildman–Crippen MR) is 76.6 cm³/mol. The molecule has 1 aliphatic heterocycles. The first-order valence-corrected chi connectivity index (χ1v) is 6.85. The van der Waals surface area contributed by atoms with E-state index >= 15 is 0 Å². The Kier molecular flexibility index (Phi) is 4.43. The van der Waals surface area contributed by atoms with Crippen LogP contribution in [-0.2, 0) is 4.79 Å². The topological polar surface area (TPSA) is 52.6 Å². The lowest BCUT2D eigenvalue weighted by atomic mass is 10.1. The van der Waals surface area contributed by atoms with Crippen molar-refractivity contribution in [3.05, 3.63) is 29.8 Å². The van der Waals surface area contributed by atoms with Crippen molar-refractivity contribution < 1.29 is 9.90 Å². The summed E-state index contributed by atoms with van der Waals surface area (Å²) < 4.78 is 0. The van der Waals surface area contributed by atoms with E-state index in [1.165, 1.54) is 11.3 Å². The number of nitrogens with zero attached hydrogens (tertiary/aromatic N) is 1. The van der Waals surface area contributed by atoms with Gasteiger partial charge in [0.15, 0.2) is 0 Å². The minimum absolute atomic E-state index is 0.0174. The van der Waals surface area contributed by atoms with Gasteiger partial charge in [0.2, 0.25) is 0 Å². The summed E-state index contributed by atoms with van der Waals surface area (Å²) in [5, 5.41) is 12.3. The van der Waals surface area contributed by atoms with Gasteiger partial charge in [0, 0.05) is 24.3 Å². The molecule has 4 nitrogen and oxygen atoms in total. The predicted octanol–water partition coefficient (Wildman–Crippen LogP) is 2.03. The summed E-state index contributed by atoms with van der Waals surface area (Å²) in [6.45, 7) is 5.90. The van der Waals surface area contributed by atoms with Gasteiger partial charge in [-0.1, -0.05) is 17.7 Å². The first-order chi connectivity index (χ1) is 9.06. The number of anilines is 1. The van der Waals surface area contributed by atoms with Gasteiger partial charge in [-0.3, -0.25) is 4.79 Å². The van der Waals surface area contributed by atoms with Crippen molar-refractivity contribution in [2.45, 2.75) is 38.8 Å². The number of hydrogen-bond acceptors (Lipinski definition) is 3. The SMILES string of the molecule is Cc1ccc(N2CC(CC(=O)O)NCCC2C)cc1. The van der Waals surface area contributed by atoms with Crippen LogP contribution in [0, 0.1) is 6.92 Å². The number of aryl methyl sites for hydroxylation is 1. The van der Waals surface area contributed by atoms with E-state index in [9.17, 15) is 4.79 Å². The zero-order chi connectivity index (χ0) is 13.8. The summed E-state index contributed by atoms with van der Waals surface area (Å²) in [6.07, 6.45) is 1.21. The van der Waals surface area contributed by atoms with Crippen LogP contribution < -0.4 is 10.2 Å². The van der Waals surface area contributed by atoms with Crippen LogP contribution in [0.1, 0.15) is 25.3 Å². The Hall–Kier alpha value is -1.55. The molecule has 0 radical (unpaired) electrons. The maximum Gasteiger partial charge on any atom is 0.304 e. The Bertz CT molecular complexity index is 430. The number of nitrogens with one attached hydrogen (secondary N) is 1. The standard InChI is InChI=1S/C15H22N2O2/c1-11-3-5-14(6-4-11)17-10-13(9-15(18)19)16-8-7-12(17)2/h3-6,12-13,16H,7-10H2,1-2H3,(H,18,19). The molecule has 0 aromatic heterocycles. The third-order valence-corrected chi connectivity index (χ3v) is 3.73. The van der Waals surface area contributed by atoms with E-state index in [0.717, 1.165) is 19.5 Å². The van der Waals surface area contributed by atoms with Crippen LogP contribution in [0.15, 0.2) is 24.3 Å². The number of carboxylic acid groups (broad SMARTS) is 1. The minimum Gasteiger partial charge on any atom is -0.481 e. The third kappa shape index (κ3) is 3.70. The molecule has 1 heterocycles. The summed E-state index contributed by atoms with van der Waals surface area (Å²) in [4.78, 5) is 13.2. The number of carboxylic acids is 1. The van der Waals surface area contributed by atoms with E-state index in [1.807, 2.05) is 0 Å². The highest BCUT2D eigenvalue weighted by Crippen LogP contribution is 2.21. The molecule has 2 N–H and O–H groups in total. The fourth-order valence-electron chi connectivity index (χ4n) is 2.58. The van der Waals surface area contributed by atoms with E-state index in [0.29, 0.717) is 6.04 Å². The zero-order valence-electron chi connectivity index (χ0n) is 11.6. The second kappa shape index (κ2) is 6.06. The molecule has 0 saturated carbocycles. The summed E-state index contributed by atoms with van der Waals surface area (Å²) in [6, 6.07) is 8.89. The van der Waals surface area contributed by atoms with Gasteiger partial charge in [-0.2, -0.15) is 0 Å². The molecular formula is C15H22N2O2. The Labute approximate surface area is 114 Å². The fraction of sp³-hybridized carbons (Fsp3) is 0.533. The van der Waals surface area contributed by atoms with E-state index < -0.39 is 5.97 Å². The second-order valence-electron chi connectivity index (χ2n) is 5.37. The van der Waals surface area contributed by atoms with E-state index in [2.05, 4.69) is 48.3 Å². The molecule has 4 heteroatoms. The van der Waals surface area contributed by atoms with Crippen LogP contribution in [-0.4, -0.2) is 36.2 Å². The Morgan fingerprint density at radius 2 is 2.11 bits per heavy atom. The maximum atomic E-state index is 10.9. The van der Waals surface area contributed by atoms with Crippen LogP contribution in [0.5, 0.6) is 0 Å². The van der Waals surface area contributed by atoms with Gasteiger partial charge in [0.1, 0.15) is 0 Å². The van der Waals surface area contributed by atoms with Crippen molar-refractivity contribution in [1.29, 1.82) is 0 Å². The molecule has 1 saturated heterocycles. The van der Waals surface area contributed by atoms with Crippen LogP contribution in [0.3, 0.4) is 0 Å². The molecular weight excluding hydrogens is 240 g/mol. The molecule has 2 rings (SSSR count). The van der Waals surface area contributed by atoms with Crippen LogP contribution in [0.25, 0.3) is 0 Å². The number of benzene rings is 1. The number of hydrogen-bond donors (Lipinski definition) is 2. The van der Waals surface area contributed by atoms with Crippen LogP contribution >= 0.6 is 0 Å². The van der Waals surface area contributed by atoms with E-state index in [4.69, 9.17) is 5.11 Å². The molecule has 19 heavy (non-hydrogen) atoms. The van der Waals surface area contributed by atoms with Crippen LogP contribution in [0.2, 0.25) is 0 Å². The van der Waals surface area contributed by atoms with Crippen molar-refractivity contribution in [1.82, 2.24) is 5.32 Å². The van der Waals surface area contributed by atoms with Gasteiger partial charge < -0.3 is 15.3 Å². The van der Waals surface area contributed by atoms with Crippen molar-refractivity contribution in [2.75, 3.05) is 18.0 Å². The molecule has 0 amide bonds. The molecule has 1 aromatic carbocycles. The van der Waals surface area contributed by atoms with Crippen molar-refractivity contribution in [3.63, 3.8) is 0 Å². The highest BCUT2D eigenvalue weighted by Gasteiger charge is 2.24. The van der Waals surface area contributed by atoms with E-state index in [-0.39, 0.29) is 12.5 Å². The van der Waals surface area contributed by atoms with E-state index in [1.54, 1.807) is 0 Å². The molecule has 0 aliphatic carbocycles. The average molecular weight is 262 g/mol. The van der Waals surface area contributed by atoms with Gasteiger partial charge in [-0.25, -0.2) is 0 Å². The highest BCUT2D eigenvalue weighted by atomic mass is 16.4. The van der Waals surface area contributed by atoms with Gasteiger partial charge >= 0.3 is 5.97 Å².